The van der Waals surface area contributed by atoms with Gasteiger partial charge in [-0.1, -0.05) is 11.6 Å². The molecule has 0 N–H and O–H groups in total. The highest BCUT2D eigenvalue weighted by molar-refractivity contribution is 6.30. The first-order chi connectivity index (χ1) is 10.7. The largest absolute Gasteiger partial charge is 0.351 e. The van der Waals surface area contributed by atoms with Crippen LogP contribution in [-0.4, -0.2) is 46.3 Å². The SMILES string of the molecule is CN(c1ncc(Cl)cn1)C1CN(c2ccc(C3CC3)nn2)C1. The second kappa shape index (κ2) is 5.35. The van der Waals surface area contributed by atoms with Gasteiger partial charge in [0.25, 0.3) is 0 Å². The van der Waals surface area contributed by atoms with Gasteiger partial charge in [-0.3, -0.25) is 0 Å². The molecule has 4 rings (SSSR count). The predicted molar refractivity (Wildman–Crippen MR) is 85.5 cm³/mol. The zero-order valence-electron chi connectivity index (χ0n) is 12.4. The zero-order valence-corrected chi connectivity index (χ0v) is 13.1. The number of rotatable bonds is 4. The van der Waals surface area contributed by atoms with Crippen molar-refractivity contribution < 1.29 is 0 Å². The lowest BCUT2D eigenvalue weighted by Gasteiger charge is -2.44. The van der Waals surface area contributed by atoms with Gasteiger partial charge in [-0.25, -0.2) is 9.97 Å². The number of aromatic nitrogens is 4. The lowest BCUT2D eigenvalue weighted by Crippen LogP contribution is -2.59. The van der Waals surface area contributed by atoms with Crippen molar-refractivity contribution in [3.63, 3.8) is 0 Å². The van der Waals surface area contributed by atoms with Crippen LogP contribution in [-0.2, 0) is 0 Å². The van der Waals surface area contributed by atoms with E-state index >= 15 is 0 Å². The lowest BCUT2D eigenvalue weighted by atomic mass is 10.1. The van der Waals surface area contributed by atoms with Crippen molar-refractivity contribution in [2.45, 2.75) is 24.8 Å². The second-order valence-electron chi connectivity index (χ2n) is 5.96. The van der Waals surface area contributed by atoms with E-state index in [9.17, 15) is 0 Å². The third-order valence-electron chi connectivity index (χ3n) is 4.32. The molecule has 2 aromatic heterocycles. The Morgan fingerprint density at radius 3 is 2.45 bits per heavy atom. The fourth-order valence-corrected chi connectivity index (χ4v) is 2.74. The molecule has 22 heavy (non-hydrogen) atoms. The number of hydrogen-bond acceptors (Lipinski definition) is 6. The van der Waals surface area contributed by atoms with Crippen molar-refractivity contribution in [3.05, 3.63) is 35.2 Å². The highest BCUT2D eigenvalue weighted by atomic mass is 35.5. The monoisotopic (exact) mass is 316 g/mol. The van der Waals surface area contributed by atoms with Crippen molar-refractivity contribution in [2.24, 2.45) is 0 Å². The van der Waals surface area contributed by atoms with Crippen LogP contribution in [0, 0.1) is 0 Å². The first-order valence-corrected chi connectivity index (χ1v) is 7.87. The van der Waals surface area contributed by atoms with Crippen LogP contribution in [0.15, 0.2) is 24.5 Å². The Labute approximate surface area is 134 Å². The summed E-state index contributed by atoms with van der Waals surface area (Å²) in [7, 11) is 2.01. The van der Waals surface area contributed by atoms with Gasteiger partial charge in [0.2, 0.25) is 5.95 Å². The van der Waals surface area contributed by atoms with Gasteiger partial charge in [0.05, 0.1) is 29.2 Å². The molecule has 2 fully saturated rings. The van der Waals surface area contributed by atoms with E-state index in [0.29, 0.717) is 22.9 Å². The molecule has 3 heterocycles. The molecule has 0 radical (unpaired) electrons. The minimum absolute atomic E-state index is 0.381. The van der Waals surface area contributed by atoms with Gasteiger partial charge >= 0.3 is 0 Å². The van der Waals surface area contributed by atoms with Gasteiger partial charge in [-0.15, -0.1) is 5.10 Å². The molecule has 7 heteroatoms. The molecule has 6 nitrogen and oxygen atoms in total. The Hall–Kier alpha value is -1.95. The molecule has 0 spiro atoms. The minimum Gasteiger partial charge on any atom is -0.351 e. The number of anilines is 2. The standard InChI is InChI=1S/C15H17ClN6/c1-21(15-17-6-11(16)7-18-15)12-8-22(9-12)14-5-4-13(19-20-14)10-2-3-10/h4-7,10,12H,2-3,8-9H2,1H3. The average Bonchev–Trinajstić information content (AvgIpc) is 3.32. The quantitative estimate of drug-likeness (QED) is 0.861. The van der Waals surface area contributed by atoms with Crippen molar-refractivity contribution in [3.8, 4) is 0 Å². The summed E-state index contributed by atoms with van der Waals surface area (Å²) in [5.41, 5.74) is 1.13. The van der Waals surface area contributed by atoms with Crippen molar-refractivity contribution in [2.75, 3.05) is 29.9 Å². The maximum Gasteiger partial charge on any atom is 0.225 e. The van der Waals surface area contributed by atoms with E-state index < -0.39 is 0 Å². The van der Waals surface area contributed by atoms with Crippen LogP contribution in [0.2, 0.25) is 5.02 Å². The summed E-state index contributed by atoms with van der Waals surface area (Å²) in [6, 6.07) is 4.57. The third-order valence-corrected chi connectivity index (χ3v) is 4.52. The first-order valence-electron chi connectivity index (χ1n) is 7.49. The Morgan fingerprint density at radius 1 is 1.14 bits per heavy atom. The van der Waals surface area contributed by atoms with E-state index in [0.717, 1.165) is 24.6 Å². The molecule has 0 amide bonds. The molecule has 1 saturated carbocycles. The van der Waals surface area contributed by atoms with Gasteiger partial charge in [0.1, 0.15) is 0 Å². The van der Waals surface area contributed by atoms with E-state index in [1.54, 1.807) is 12.4 Å². The second-order valence-corrected chi connectivity index (χ2v) is 6.40. The smallest absolute Gasteiger partial charge is 0.225 e. The fraction of sp³-hybridized carbons (Fsp3) is 0.467. The molecule has 114 valence electrons. The molecular formula is C15H17ClN6. The molecule has 2 aromatic rings. The number of hydrogen-bond donors (Lipinski definition) is 0. The first kappa shape index (κ1) is 13.7. The number of nitrogens with zero attached hydrogens (tertiary/aromatic N) is 6. The third kappa shape index (κ3) is 2.59. The molecule has 0 aromatic carbocycles. The summed E-state index contributed by atoms with van der Waals surface area (Å²) in [6.07, 6.45) is 5.76. The molecular weight excluding hydrogens is 300 g/mol. The fourth-order valence-electron chi connectivity index (χ4n) is 2.64. The van der Waals surface area contributed by atoms with Gasteiger partial charge in [-0.05, 0) is 25.0 Å². The molecule has 2 aliphatic rings. The Bertz CT molecular complexity index is 649. The molecule has 1 saturated heterocycles. The molecule has 0 bridgehead atoms. The topological polar surface area (TPSA) is 58.0 Å². The highest BCUT2D eigenvalue weighted by Gasteiger charge is 2.33. The van der Waals surface area contributed by atoms with Gasteiger partial charge < -0.3 is 9.80 Å². The van der Waals surface area contributed by atoms with Crippen LogP contribution in [0.3, 0.4) is 0 Å². The molecule has 1 aliphatic carbocycles. The van der Waals surface area contributed by atoms with E-state index in [1.165, 1.54) is 12.8 Å². The van der Waals surface area contributed by atoms with Gasteiger partial charge in [0, 0.05) is 26.1 Å². The Balaban J connectivity index is 1.37. The summed E-state index contributed by atoms with van der Waals surface area (Å²) < 4.78 is 0. The number of likely N-dealkylation sites (N-methyl/N-ethyl adjacent to an activating group) is 1. The Kier molecular flexibility index (Phi) is 3.33. The van der Waals surface area contributed by atoms with Crippen LogP contribution in [0.4, 0.5) is 11.8 Å². The summed E-state index contributed by atoms with van der Waals surface area (Å²) in [6.45, 7) is 1.81. The lowest BCUT2D eigenvalue weighted by molar-refractivity contribution is 0.484. The van der Waals surface area contributed by atoms with Crippen molar-refractivity contribution in [1.29, 1.82) is 0 Å². The Morgan fingerprint density at radius 2 is 1.86 bits per heavy atom. The van der Waals surface area contributed by atoms with Crippen LogP contribution < -0.4 is 9.80 Å². The van der Waals surface area contributed by atoms with Gasteiger partial charge in [-0.2, -0.15) is 5.10 Å². The maximum absolute atomic E-state index is 5.82. The van der Waals surface area contributed by atoms with Crippen LogP contribution in [0.5, 0.6) is 0 Å². The number of halogens is 1. The minimum atomic E-state index is 0.381. The predicted octanol–water partition coefficient (Wildman–Crippen LogP) is 2.12. The summed E-state index contributed by atoms with van der Waals surface area (Å²) in [4.78, 5) is 12.8. The average molecular weight is 317 g/mol. The van der Waals surface area contributed by atoms with Crippen LogP contribution in [0.1, 0.15) is 24.5 Å². The molecule has 0 unspecified atom stereocenters. The zero-order chi connectivity index (χ0) is 15.1. The van der Waals surface area contributed by atoms with Crippen LogP contribution >= 0.6 is 11.6 Å². The van der Waals surface area contributed by atoms with Crippen LogP contribution in [0.25, 0.3) is 0 Å². The summed E-state index contributed by atoms with van der Waals surface area (Å²) in [5, 5.41) is 9.24. The van der Waals surface area contributed by atoms with Gasteiger partial charge in [0.15, 0.2) is 5.82 Å². The summed E-state index contributed by atoms with van der Waals surface area (Å²) >= 11 is 5.82. The maximum atomic E-state index is 5.82. The van der Waals surface area contributed by atoms with Crippen molar-refractivity contribution >= 4 is 23.4 Å². The van der Waals surface area contributed by atoms with E-state index in [1.807, 2.05) is 7.05 Å². The van der Waals surface area contributed by atoms with Crippen molar-refractivity contribution in [1.82, 2.24) is 20.2 Å². The molecule has 1 aliphatic heterocycles. The van der Waals surface area contributed by atoms with E-state index in [4.69, 9.17) is 11.6 Å². The molecule has 0 atom stereocenters. The normalized spacial score (nSPS) is 18.2. The highest BCUT2D eigenvalue weighted by Crippen LogP contribution is 2.38. The summed E-state index contributed by atoms with van der Waals surface area (Å²) in [5.74, 6) is 2.30. The van der Waals surface area contributed by atoms with E-state index in [2.05, 4.69) is 42.1 Å². The van der Waals surface area contributed by atoms with E-state index in [-0.39, 0.29) is 0 Å².